The number of thioether (sulfide) groups is 1. The molecular formula is C30H19Cl5N2O4S2. The third kappa shape index (κ3) is 7.02. The molecule has 1 heterocycles. The molecule has 0 radical (unpaired) electrons. The van der Waals surface area contributed by atoms with Crippen LogP contribution in [0.5, 0.6) is 5.75 Å². The van der Waals surface area contributed by atoms with E-state index in [0.717, 1.165) is 22.9 Å². The summed E-state index contributed by atoms with van der Waals surface area (Å²) in [5.74, 6) is -0.611. The molecule has 1 amide bonds. The van der Waals surface area contributed by atoms with Gasteiger partial charge in [0.2, 0.25) is 0 Å². The fourth-order valence-corrected chi connectivity index (χ4v) is 7.03. The minimum Gasteiger partial charge on any atom is -0.376 e. The van der Waals surface area contributed by atoms with E-state index in [0.29, 0.717) is 42.1 Å². The third-order valence-electron chi connectivity index (χ3n) is 6.21. The quantitative estimate of drug-likeness (QED) is 0.147. The number of halogens is 5. The van der Waals surface area contributed by atoms with Crippen molar-refractivity contribution in [2.24, 2.45) is 4.99 Å². The van der Waals surface area contributed by atoms with Crippen LogP contribution in [-0.4, -0.2) is 19.5 Å². The Balaban J connectivity index is 1.51. The molecule has 0 aliphatic carbocycles. The zero-order valence-electron chi connectivity index (χ0n) is 22.2. The monoisotopic (exact) mass is 710 g/mol. The van der Waals surface area contributed by atoms with Gasteiger partial charge in [-0.05, 0) is 109 Å². The van der Waals surface area contributed by atoms with Crippen molar-refractivity contribution in [2.45, 2.75) is 18.7 Å². The number of benzene rings is 4. The van der Waals surface area contributed by atoms with Gasteiger partial charge in [-0.15, -0.1) is 0 Å². The molecule has 43 heavy (non-hydrogen) atoms. The highest BCUT2D eigenvalue weighted by Crippen LogP contribution is 2.41. The number of hydrogen-bond donors (Lipinski definition) is 0. The minimum atomic E-state index is -4.25. The Morgan fingerprint density at radius 1 is 0.791 bits per heavy atom. The lowest BCUT2D eigenvalue weighted by atomic mass is 10.2. The molecule has 6 nitrogen and oxygen atoms in total. The first-order chi connectivity index (χ1) is 20.3. The number of aliphatic imine (C=N–C) groups is 1. The van der Waals surface area contributed by atoms with Crippen molar-refractivity contribution in [1.82, 2.24) is 0 Å². The summed E-state index contributed by atoms with van der Waals surface area (Å²) in [6, 6.07) is 19.0. The molecule has 0 atom stereocenters. The summed E-state index contributed by atoms with van der Waals surface area (Å²) in [5.41, 5.74) is 3.27. The molecule has 4 aromatic rings. The Bertz CT molecular complexity index is 1920. The van der Waals surface area contributed by atoms with E-state index in [4.69, 9.17) is 67.2 Å². The number of hydrogen-bond acceptors (Lipinski definition) is 6. The Hall–Kier alpha value is -2.69. The molecule has 0 spiro atoms. The first-order valence-corrected chi connectivity index (χ1v) is 16.5. The number of carbonyl (C=O) groups excluding carboxylic acids is 1. The Morgan fingerprint density at radius 3 is 2.00 bits per heavy atom. The molecule has 0 N–H and O–H groups in total. The van der Waals surface area contributed by atoms with E-state index in [-0.39, 0.29) is 26.6 Å². The number of amides is 1. The molecule has 1 aliphatic heterocycles. The molecule has 220 valence electrons. The molecule has 1 fully saturated rings. The van der Waals surface area contributed by atoms with E-state index in [1.165, 1.54) is 41.3 Å². The van der Waals surface area contributed by atoms with Crippen LogP contribution in [0, 0.1) is 13.8 Å². The smallest absolute Gasteiger partial charge is 0.339 e. The van der Waals surface area contributed by atoms with Gasteiger partial charge in [-0.25, -0.2) is 4.99 Å². The van der Waals surface area contributed by atoms with Crippen molar-refractivity contribution in [3.8, 4) is 5.75 Å². The summed E-state index contributed by atoms with van der Waals surface area (Å²) in [5, 5.41) is 1.64. The van der Waals surface area contributed by atoms with Gasteiger partial charge in [0.1, 0.15) is 4.90 Å². The highest BCUT2D eigenvalue weighted by Gasteiger charge is 2.35. The van der Waals surface area contributed by atoms with Crippen LogP contribution in [0.1, 0.15) is 16.7 Å². The van der Waals surface area contributed by atoms with Crippen molar-refractivity contribution in [3.63, 3.8) is 0 Å². The summed E-state index contributed by atoms with van der Waals surface area (Å²) < 4.78 is 30.8. The zero-order chi connectivity index (χ0) is 31.1. The number of aryl methyl sites for hydroxylation is 2. The average molecular weight is 713 g/mol. The fraction of sp³-hybridized carbons (Fsp3) is 0.0667. The number of carbonyl (C=O) groups is 1. The molecule has 1 aliphatic rings. The maximum Gasteiger partial charge on any atom is 0.339 e. The van der Waals surface area contributed by atoms with Gasteiger partial charge >= 0.3 is 10.1 Å². The predicted octanol–water partition coefficient (Wildman–Crippen LogP) is 10.1. The van der Waals surface area contributed by atoms with E-state index in [1.54, 1.807) is 30.3 Å². The molecule has 0 bridgehead atoms. The van der Waals surface area contributed by atoms with Crippen molar-refractivity contribution in [3.05, 3.63) is 120 Å². The molecule has 5 rings (SSSR count). The van der Waals surface area contributed by atoms with Crippen LogP contribution in [0.2, 0.25) is 25.1 Å². The topological polar surface area (TPSA) is 76.0 Å². The number of nitrogens with zero attached hydrogens (tertiary/aromatic N) is 2. The molecule has 4 aromatic carbocycles. The van der Waals surface area contributed by atoms with Crippen LogP contribution < -0.4 is 9.08 Å². The number of anilines is 1. The first-order valence-electron chi connectivity index (χ1n) is 12.4. The van der Waals surface area contributed by atoms with Crippen molar-refractivity contribution in [1.29, 1.82) is 0 Å². The largest absolute Gasteiger partial charge is 0.376 e. The second kappa shape index (κ2) is 12.7. The van der Waals surface area contributed by atoms with E-state index < -0.39 is 10.1 Å². The van der Waals surface area contributed by atoms with Crippen LogP contribution in [0.15, 0.2) is 87.6 Å². The van der Waals surface area contributed by atoms with Gasteiger partial charge in [-0.2, -0.15) is 8.42 Å². The second-order valence-electron chi connectivity index (χ2n) is 9.32. The summed E-state index contributed by atoms with van der Waals surface area (Å²) in [4.78, 5) is 20.1. The number of rotatable bonds is 6. The average Bonchev–Trinajstić information content (AvgIpc) is 3.24. The third-order valence-corrected chi connectivity index (χ3v) is 10.0. The highest BCUT2D eigenvalue weighted by atomic mass is 35.5. The standard InChI is InChI=1S/C30H19Cl5N2O4S2/c1-16-3-7-20(14-23(16)32)36-30-37(21-8-4-17(2)24(33)15-21)29(38)27(42-30)13-18-11-25(34)28(26(35)12-18)41-43(39,40)22-9-5-19(31)6-10-22/h3-15H,1-2H3/b27-13+,36-30?. The maximum atomic E-state index is 13.7. The van der Waals surface area contributed by atoms with Gasteiger partial charge in [0.25, 0.3) is 5.91 Å². The van der Waals surface area contributed by atoms with E-state index in [1.807, 2.05) is 26.0 Å². The normalized spacial score (nSPS) is 15.5. The predicted molar refractivity (Wildman–Crippen MR) is 178 cm³/mol. The highest BCUT2D eigenvalue weighted by molar-refractivity contribution is 8.19. The van der Waals surface area contributed by atoms with Crippen molar-refractivity contribution >= 4 is 108 Å². The minimum absolute atomic E-state index is 0.0716. The van der Waals surface area contributed by atoms with Gasteiger partial charge in [0.05, 0.1) is 26.3 Å². The summed E-state index contributed by atoms with van der Waals surface area (Å²) in [6.07, 6.45) is 1.58. The Labute approximate surface area is 278 Å². The first kappa shape index (κ1) is 31.7. The van der Waals surface area contributed by atoms with Gasteiger partial charge in [-0.3, -0.25) is 9.69 Å². The zero-order valence-corrected chi connectivity index (χ0v) is 27.7. The van der Waals surface area contributed by atoms with Crippen molar-refractivity contribution < 1.29 is 17.4 Å². The summed E-state index contributed by atoms with van der Waals surface area (Å²) in [7, 11) is -4.25. The van der Waals surface area contributed by atoms with E-state index >= 15 is 0 Å². The van der Waals surface area contributed by atoms with Gasteiger partial charge < -0.3 is 4.18 Å². The van der Waals surface area contributed by atoms with E-state index in [2.05, 4.69) is 0 Å². The SMILES string of the molecule is Cc1ccc(N=C2S/C(=C/c3cc(Cl)c(OS(=O)(=O)c4ccc(Cl)cc4)c(Cl)c3)C(=O)N2c2ccc(C)c(Cl)c2)cc1Cl. The number of amidine groups is 1. The van der Waals surface area contributed by atoms with Crippen LogP contribution in [0.3, 0.4) is 0 Å². The lowest BCUT2D eigenvalue weighted by molar-refractivity contribution is -0.113. The lowest BCUT2D eigenvalue weighted by Crippen LogP contribution is -2.28. The van der Waals surface area contributed by atoms with Crippen molar-refractivity contribution in [2.75, 3.05) is 4.90 Å². The Morgan fingerprint density at radius 2 is 1.40 bits per heavy atom. The van der Waals surface area contributed by atoms with E-state index in [9.17, 15) is 13.2 Å². The van der Waals surface area contributed by atoms with Crippen LogP contribution in [0.4, 0.5) is 11.4 Å². The molecular weight excluding hydrogens is 694 g/mol. The molecule has 0 saturated carbocycles. The Kier molecular flexibility index (Phi) is 9.40. The molecule has 0 aromatic heterocycles. The van der Waals surface area contributed by atoms with Gasteiger partial charge in [0.15, 0.2) is 10.9 Å². The lowest BCUT2D eigenvalue weighted by Gasteiger charge is -2.16. The maximum absolute atomic E-state index is 13.7. The fourth-order valence-electron chi connectivity index (χ4n) is 3.91. The molecule has 0 unspecified atom stereocenters. The van der Waals surface area contributed by atoms with Crippen LogP contribution in [0.25, 0.3) is 6.08 Å². The van der Waals surface area contributed by atoms with Crippen LogP contribution >= 0.6 is 69.8 Å². The summed E-state index contributed by atoms with van der Waals surface area (Å²) >= 11 is 32.5. The second-order valence-corrected chi connectivity index (χ2v) is 13.9. The van der Waals surface area contributed by atoms with Crippen LogP contribution in [-0.2, 0) is 14.9 Å². The molecule has 1 saturated heterocycles. The van der Waals surface area contributed by atoms with Gasteiger partial charge in [0, 0.05) is 15.1 Å². The van der Waals surface area contributed by atoms with Gasteiger partial charge in [-0.1, -0.05) is 70.1 Å². The molecule has 13 heteroatoms. The summed E-state index contributed by atoms with van der Waals surface area (Å²) in [6.45, 7) is 3.75.